The van der Waals surface area contributed by atoms with Crippen molar-refractivity contribution >= 4 is 5.69 Å². The van der Waals surface area contributed by atoms with Gasteiger partial charge in [0.1, 0.15) is 0 Å². The third-order valence-corrected chi connectivity index (χ3v) is 4.67. The highest BCUT2D eigenvalue weighted by atomic mass is 15.1. The summed E-state index contributed by atoms with van der Waals surface area (Å²) in [5, 5.41) is 0. The zero-order valence-electron chi connectivity index (χ0n) is 12.9. The van der Waals surface area contributed by atoms with Crippen molar-refractivity contribution in [2.24, 2.45) is 17.1 Å². The fourth-order valence-corrected chi connectivity index (χ4v) is 3.40. The number of hydrogen-bond donors (Lipinski definition) is 1. The average molecular weight is 260 g/mol. The van der Waals surface area contributed by atoms with E-state index in [-0.39, 0.29) is 0 Å². The van der Waals surface area contributed by atoms with Crippen LogP contribution in [0.15, 0.2) is 18.2 Å². The van der Waals surface area contributed by atoms with Crippen molar-refractivity contribution in [3.63, 3.8) is 0 Å². The number of hydrogen-bond acceptors (Lipinski definition) is 2. The summed E-state index contributed by atoms with van der Waals surface area (Å²) in [6, 6.07) is 6.77. The van der Waals surface area contributed by atoms with Gasteiger partial charge in [-0.25, -0.2) is 0 Å². The number of anilines is 1. The van der Waals surface area contributed by atoms with E-state index in [0.717, 1.165) is 25.4 Å². The van der Waals surface area contributed by atoms with Gasteiger partial charge in [0.2, 0.25) is 0 Å². The summed E-state index contributed by atoms with van der Waals surface area (Å²) in [6.07, 6.45) is 2.42. The first-order chi connectivity index (χ1) is 8.94. The molecule has 2 nitrogen and oxygen atoms in total. The minimum atomic E-state index is 0.355. The van der Waals surface area contributed by atoms with Crippen molar-refractivity contribution in [2.45, 2.75) is 40.5 Å². The predicted molar refractivity (Wildman–Crippen MR) is 83.7 cm³/mol. The van der Waals surface area contributed by atoms with Gasteiger partial charge in [-0.05, 0) is 61.8 Å². The lowest BCUT2D eigenvalue weighted by Crippen LogP contribution is -2.46. The molecule has 0 saturated carbocycles. The van der Waals surface area contributed by atoms with Crippen LogP contribution in [0.3, 0.4) is 0 Å². The van der Waals surface area contributed by atoms with Gasteiger partial charge >= 0.3 is 0 Å². The summed E-state index contributed by atoms with van der Waals surface area (Å²) in [5.74, 6) is 0.763. The molecule has 0 aliphatic carbocycles. The Bertz CT molecular complexity index is 437. The summed E-state index contributed by atoms with van der Waals surface area (Å²) in [6.45, 7) is 12.3. The third-order valence-electron chi connectivity index (χ3n) is 4.67. The molecule has 2 heteroatoms. The Kier molecular flexibility index (Phi) is 4.19. The number of piperidine rings is 1. The van der Waals surface area contributed by atoms with E-state index in [9.17, 15) is 0 Å². The zero-order valence-corrected chi connectivity index (χ0v) is 12.9. The molecule has 1 unspecified atom stereocenters. The minimum absolute atomic E-state index is 0.355. The standard InChI is InChI=1S/C17H28N2/c1-13-5-6-14(2)16(11-13)19-10-8-15(7-9-18)17(3,4)12-19/h5-6,11,15H,7-10,12,18H2,1-4H3. The van der Waals surface area contributed by atoms with Crippen LogP contribution in [-0.2, 0) is 0 Å². The molecule has 1 aromatic carbocycles. The van der Waals surface area contributed by atoms with Gasteiger partial charge in [0, 0.05) is 18.8 Å². The van der Waals surface area contributed by atoms with Crippen molar-refractivity contribution in [3.8, 4) is 0 Å². The topological polar surface area (TPSA) is 29.3 Å². The predicted octanol–water partition coefficient (Wildman–Crippen LogP) is 3.50. The lowest BCUT2D eigenvalue weighted by Gasteiger charge is -2.46. The Morgan fingerprint density at radius 2 is 2.05 bits per heavy atom. The maximum absolute atomic E-state index is 5.76. The molecule has 2 N–H and O–H groups in total. The number of rotatable bonds is 3. The van der Waals surface area contributed by atoms with Crippen molar-refractivity contribution in [3.05, 3.63) is 29.3 Å². The van der Waals surface area contributed by atoms with Crippen LogP contribution in [0.4, 0.5) is 5.69 Å². The molecule has 0 bridgehead atoms. The SMILES string of the molecule is Cc1ccc(C)c(N2CCC(CCN)C(C)(C)C2)c1. The molecule has 19 heavy (non-hydrogen) atoms. The maximum Gasteiger partial charge on any atom is 0.0398 e. The fourth-order valence-electron chi connectivity index (χ4n) is 3.40. The van der Waals surface area contributed by atoms with E-state index >= 15 is 0 Å². The van der Waals surface area contributed by atoms with Crippen molar-refractivity contribution in [2.75, 3.05) is 24.5 Å². The Morgan fingerprint density at radius 3 is 2.68 bits per heavy atom. The van der Waals surface area contributed by atoms with Crippen LogP contribution < -0.4 is 10.6 Å². The second-order valence-electron chi connectivity index (χ2n) is 6.76. The first-order valence-electron chi connectivity index (χ1n) is 7.46. The molecule has 0 radical (unpaired) electrons. The van der Waals surface area contributed by atoms with E-state index in [0.29, 0.717) is 5.41 Å². The molecule has 0 amide bonds. The van der Waals surface area contributed by atoms with Crippen molar-refractivity contribution in [1.29, 1.82) is 0 Å². The first-order valence-corrected chi connectivity index (χ1v) is 7.46. The van der Waals surface area contributed by atoms with Crippen LogP contribution in [-0.4, -0.2) is 19.6 Å². The smallest absolute Gasteiger partial charge is 0.0398 e. The van der Waals surface area contributed by atoms with Gasteiger partial charge in [-0.2, -0.15) is 0 Å². The summed E-state index contributed by atoms with van der Waals surface area (Å²) in [5.41, 5.74) is 10.3. The van der Waals surface area contributed by atoms with E-state index in [4.69, 9.17) is 5.73 Å². The second-order valence-corrected chi connectivity index (χ2v) is 6.76. The molecule has 1 saturated heterocycles. The molecule has 106 valence electrons. The molecule has 0 spiro atoms. The average Bonchev–Trinajstić information content (AvgIpc) is 2.34. The monoisotopic (exact) mass is 260 g/mol. The van der Waals surface area contributed by atoms with Gasteiger partial charge in [0.25, 0.3) is 0 Å². The lowest BCUT2D eigenvalue weighted by atomic mass is 9.72. The molecule has 1 atom stereocenters. The number of aryl methyl sites for hydroxylation is 2. The van der Waals surface area contributed by atoms with Gasteiger partial charge < -0.3 is 10.6 Å². The van der Waals surface area contributed by atoms with E-state index in [1.54, 1.807) is 0 Å². The van der Waals surface area contributed by atoms with E-state index in [1.165, 1.54) is 29.8 Å². The maximum atomic E-state index is 5.76. The Morgan fingerprint density at radius 1 is 1.32 bits per heavy atom. The van der Waals surface area contributed by atoms with Crippen LogP contribution in [0, 0.1) is 25.2 Å². The van der Waals surface area contributed by atoms with E-state index in [1.807, 2.05) is 0 Å². The summed E-state index contributed by atoms with van der Waals surface area (Å²) in [7, 11) is 0. The molecule has 0 aromatic heterocycles. The third kappa shape index (κ3) is 3.11. The highest BCUT2D eigenvalue weighted by Gasteiger charge is 2.35. The zero-order chi connectivity index (χ0) is 14.0. The second kappa shape index (κ2) is 5.54. The number of nitrogens with zero attached hydrogens (tertiary/aromatic N) is 1. The summed E-state index contributed by atoms with van der Waals surface area (Å²) in [4.78, 5) is 2.56. The lowest BCUT2D eigenvalue weighted by molar-refractivity contribution is 0.167. The Hall–Kier alpha value is -1.02. The van der Waals surface area contributed by atoms with Crippen molar-refractivity contribution in [1.82, 2.24) is 0 Å². The van der Waals surface area contributed by atoms with Crippen LogP contribution in [0.1, 0.15) is 37.8 Å². The van der Waals surface area contributed by atoms with Crippen molar-refractivity contribution < 1.29 is 0 Å². The first kappa shape index (κ1) is 14.4. The van der Waals surface area contributed by atoms with Gasteiger partial charge in [-0.1, -0.05) is 26.0 Å². The van der Waals surface area contributed by atoms with Crippen LogP contribution in [0.25, 0.3) is 0 Å². The Labute approximate surface area is 118 Å². The molecule has 1 aliphatic heterocycles. The molecule has 1 heterocycles. The van der Waals surface area contributed by atoms with E-state index < -0.39 is 0 Å². The molecular weight excluding hydrogens is 232 g/mol. The molecule has 2 rings (SSSR count). The Balaban J connectivity index is 2.18. The summed E-state index contributed by atoms with van der Waals surface area (Å²) >= 11 is 0. The van der Waals surface area contributed by atoms with Crippen LogP contribution in [0.5, 0.6) is 0 Å². The van der Waals surface area contributed by atoms with Crippen LogP contribution in [0.2, 0.25) is 0 Å². The number of nitrogens with two attached hydrogens (primary N) is 1. The van der Waals surface area contributed by atoms with E-state index in [2.05, 4.69) is 50.8 Å². The van der Waals surface area contributed by atoms with Crippen LogP contribution >= 0.6 is 0 Å². The summed E-state index contributed by atoms with van der Waals surface area (Å²) < 4.78 is 0. The molecule has 1 fully saturated rings. The minimum Gasteiger partial charge on any atom is -0.371 e. The molecule has 1 aliphatic rings. The molecule has 1 aromatic rings. The number of benzene rings is 1. The van der Waals surface area contributed by atoms with Gasteiger partial charge in [-0.3, -0.25) is 0 Å². The van der Waals surface area contributed by atoms with Gasteiger partial charge in [-0.15, -0.1) is 0 Å². The van der Waals surface area contributed by atoms with Gasteiger partial charge in [0.05, 0.1) is 0 Å². The largest absolute Gasteiger partial charge is 0.371 e. The highest BCUT2D eigenvalue weighted by molar-refractivity contribution is 5.55. The van der Waals surface area contributed by atoms with Gasteiger partial charge in [0.15, 0.2) is 0 Å². The quantitative estimate of drug-likeness (QED) is 0.901. The normalized spacial score (nSPS) is 22.6. The fraction of sp³-hybridized carbons (Fsp3) is 0.647. The highest BCUT2D eigenvalue weighted by Crippen LogP contribution is 2.39. The molecular formula is C17H28N2.